The molecular formula is C7H12INO. The molecule has 3 rings (SSSR count). The number of aliphatic hydroxyl groups is 1. The van der Waals surface area contributed by atoms with Gasteiger partial charge in [-0.05, 0) is 25.2 Å². The molecule has 0 aromatic heterocycles. The third-order valence-corrected chi connectivity index (χ3v) is 3.92. The summed E-state index contributed by atoms with van der Waals surface area (Å²) in [5.74, 6) is 0.571. The van der Waals surface area contributed by atoms with E-state index in [-0.39, 0.29) is 6.10 Å². The van der Waals surface area contributed by atoms with Gasteiger partial charge in [-0.3, -0.25) is 0 Å². The van der Waals surface area contributed by atoms with Crippen molar-refractivity contribution in [3.63, 3.8) is 0 Å². The minimum Gasteiger partial charge on any atom is -0.393 e. The summed E-state index contributed by atoms with van der Waals surface area (Å²) >= 11 is 2.38. The van der Waals surface area contributed by atoms with Crippen molar-refractivity contribution in [1.29, 1.82) is 0 Å². The second-order valence-electron chi connectivity index (χ2n) is 3.38. The molecule has 3 heteroatoms. The van der Waals surface area contributed by atoms with E-state index >= 15 is 0 Å². The highest BCUT2D eigenvalue weighted by Gasteiger charge is 2.38. The zero-order chi connectivity index (χ0) is 7.14. The number of rotatable bonds is 0. The lowest BCUT2D eigenvalue weighted by Gasteiger charge is -2.44. The minimum absolute atomic E-state index is 0.00441. The van der Waals surface area contributed by atoms with E-state index in [4.69, 9.17) is 0 Å². The van der Waals surface area contributed by atoms with Gasteiger partial charge in [0.05, 0.1) is 6.10 Å². The molecule has 0 spiro atoms. The lowest BCUT2D eigenvalue weighted by molar-refractivity contribution is -0.00452. The highest BCUT2D eigenvalue weighted by atomic mass is 127. The largest absolute Gasteiger partial charge is 0.393 e. The number of piperidine rings is 2. The van der Waals surface area contributed by atoms with Crippen molar-refractivity contribution in [1.82, 2.24) is 3.11 Å². The fourth-order valence-electron chi connectivity index (χ4n) is 2.03. The van der Waals surface area contributed by atoms with Gasteiger partial charge in [-0.2, -0.15) is 0 Å². The van der Waals surface area contributed by atoms with Gasteiger partial charge in [-0.25, -0.2) is 3.11 Å². The highest BCUT2D eigenvalue weighted by Crippen LogP contribution is 2.36. The predicted molar refractivity (Wildman–Crippen MR) is 47.9 cm³/mol. The molecule has 58 valence electrons. The van der Waals surface area contributed by atoms with Crippen molar-refractivity contribution in [3.05, 3.63) is 0 Å². The van der Waals surface area contributed by atoms with Gasteiger partial charge in [0.2, 0.25) is 0 Å². The maximum absolute atomic E-state index is 9.49. The summed E-state index contributed by atoms with van der Waals surface area (Å²) in [5, 5.41) is 9.49. The molecule has 0 amide bonds. The van der Waals surface area contributed by atoms with Crippen molar-refractivity contribution in [2.75, 3.05) is 6.54 Å². The van der Waals surface area contributed by atoms with E-state index < -0.39 is 0 Å². The Morgan fingerprint density at radius 2 is 2.20 bits per heavy atom. The van der Waals surface area contributed by atoms with E-state index in [0.29, 0.717) is 12.0 Å². The van der Waals surface area contributed by atoms with Crippen LogP contribution in [0.25, 0.3) is 0 Å². The third-order valence-electron chi connectivity index (χ3n) is 2.73. The smallest absolute Gasteiger partial charge is 0.0596 e. The Labute approximate surface area is 75.1 Å². The van der Waals surface area contributed by atoms with E-state index in [1.54, 1.807) is 0 Å². The number of hydrogen-bond acceptors (Lipinski definition) is 2. The standard InChI is InChI=1S/C7H12INO/c8-9-4-5-1-2-6(9)3-7(5)10/h5-7,10H,1-4H2. The number of fused-ring (bicyclic) bond motifs is 3. The lowest BCUT2D eigenvalue weighted by atomic mass is 9.79. The van der Waals surface area contributed by atoms with E-state index in [1.165, 1.54) is 12.8 Å². The average Bonchev–Trinajstić information content (AvgIpc) is 1.91. The number of nitrogens with zero attached hydrogens (tertiary/aromatic N) is 1. The van der Waals surface area contributed by atoms with Crippen LogP contribution < -0.4 is 0 Å². The van der Waals surface area contributed by atoms with Crippen molar-refractivity contribution < 1.29 is 5.11 Å². The lowest BCUT2D eigenvalue weighted by Crippen LogP contribution is -2.49. The van der Waals surface area contributed by atoms with Crippen LogP contribution in [0.1, 0.15) is 19.3 Å². The minimum atomic E-state index is 0.00441. The Bertz CT molecular complexity index is 126. The summed E-state index contributed by atoms with van der Waals surface area (Å²) in [5.41, 5.74) is 0. The van der Waals surface area contributed by atoms with E-state index in [9.17, 15) is 5.11 Å². The second-order valence-corrected chi connectivity index (χ2v) is 4.62. The molecule has 1 saturated carbocycles. The van der Waals surface area contributed by atoms with Gasteiger partial charge in [0.25, 0.3) is 0 Å². The van der Waals surface area contributed by atoms with Gasteiger partial charge < -0.3 is 5.11 Å². The van der Waals surface area contributed by atoms with Crippen LogP contribution in [0.3, 0.4) is 0 Å². The van der Waals surface area contributed by atoms with E-state index in [0.717, 1.165) is 13.0 Å². The average molecular weight is 253 g/mol. The van der Waals surface area contributed by atoms with E-state index in [2.05, 4.69) is 26.0 Å². The first-order valence-electron chi connectivity index (χ1n) is 3.88. The summed E-state index contributed by atoms with van der Waals surface area (Å²) in [4.78, 5) is 0. The van der Waals surface area contributed by atoms with Crippen LogP contribution in [0, 0.1) is 5.92 Å². The maximum atomic E-state index is 9.49. The van der Waals surface area contributed by atoms with Crippen LogP contribution in [-0.2, 0) is 0 Å². The zero-order valence-electron chi connectivity index (χ0n) is 5.83. The number of halogens is 1. The van der Waals surface area contributed by atoms with Crippen LogP contribution >= 0.6 is 22.9 Å². The predicted octanol–water partition coefficient (Wildman–Crippen LogP) is 1.18. The van der Waals surface area contributed by atoms with Gasteiger partial charge in [0.1, 0.15) is 0 Å². The van der Waals surface area contributed by atoms with Crippen LogP contribution in [0.4, 0.5) is 0 Å². The third kappa shape index (κ3) is 1.08. The van der Waals surface area contributed by atoms with Crippen LogP contribution in [0.2, 0.25) is 0 Å². The van der Waals surface area contributed by atoms with Crippen LogP contribution in [0.5, 0.6) is 0 Å². The molecular weight excluding hydrogens is 241 g/mol. The van der Waals surface area contributed by atoms with Gasteiger partial charge in [-0.15, -0.1) is 0 Å². The van der Waals surface area contributed by atoms with Gasteiger partial charge in [-0.1, -0.05) is 0 Å². The molecule has 3 atom stereocenters. The SMILES string of the molecule is OC1CC2CCC1CN2I. The van der Waals surface area contributed by atoms with Crippen molar-refractivity contribution >= 4 is 22.9 Å². The molecule has 0 radical (unpaired) electrons. The molecule has 1 aliphatic carbocycles. The molecule has 3 fully saturated rings. The quantitative estimate of drug-likeness (QED) is 0.517. The first-order chi connectivity index (χ1) is 4.77. The van der Waals surface area contributed by atoms with E-state index in [1.807, 2.05) is 0 Å². The molecule has 2 heterocycles. The molecule has 3 aliphatic rings. The Balaban J connectivity index is 2.09. The van der Waals surface area contributed by atoms with Gasteiger partial charge in [0, 0.05) is 35.5 Å². The van der Waals surface area contributed by atoms with Crippen LogP contribution in [-0.4, -0.2) is 26.9 Å². The van der Waals surface area contributed by atoms with Crippen molar-refractivity contribution in [2.24, 2.45) is 5.92 Å². The summed E-state index contributed by atoms with van der Waals surface area (Å²) < 4.78 is 2.36. The zero-order valence-corrected chi connectivity index (χ0v) is 7.99. The number of hydrogen-bond donors (Lipinski definition) is 1. The first-order valence-corrected chi connectivity index (χ1v) is 4.84. The Morgan fingerprint density at radius 3 is 2.50 bits per heavy atom. The van der Waals surface area contributed by atoms with Crippen molar-refractivity contribution in [2.45, 2.75) is 31.4 Å². The summed E-state index contributed by atoms with van der Waals surface area (Å²) in [6.45, 7) is 1.10. The van der Waals surface area contributed by atoms with Gasteiger partial charge >= 0.3 is 0 Å². The molecule has 2 bridgehead atoms. The fourth-order valence-corrected chi connectivity index (χ4v) is 3.04. The normalized spacial score (nSPS) is 48.0. The van der Waals surface area contributed by atoms with Gasteiger partial charge in [0.15, 0.2) is 0 Å². The van der Waals surface area contributed by atoms with Crippen molar-refractivity contribution in [3.8, 4) is 0 Å². The topological polar surface area (TPSA) is 23.5 Å². The summed E-state index contributed by atoms with van der Waals surface area (Å²) in [6, 6.07) is 0.667. The summed E-state index contributed by atoms with van der Waals surface area (Å²) in [7, 11) is 0. The monoisotopic (exact) mass is 253 g/mol. The number of aliphatic hydroxyl groups excluding tert-OH is 1. The summed E-state index contributed by atoms with van der Waals surface area (Å²) in [6.07, 6.45) is 3.55. The molecule has 3 unspecified atom stereocenters. The Hall–Kier alpha value is 0.650. The molecule has 1 N–H and O–H groups in total. The first kappa shape index (κ1) is 7.31. The second kappa shape index (κ2) is 2.60. The molecule has 0 aromatic rings. The van der Waals surface area contributed by atoms with Crippen LogP contribution in [0.15, 0.2) is 0 Å². The maximum Gasteiger partial charge on any atom is 0.0596 e. The molecule has 2 nitrogen and oxygen atoms in total. The fraction of sp³-hybridized carbons (Fsp3) is 1.00. The molecule has 2 saturated heterocycles. The Kier molecular flexibility index (Phi) is 1.90. The molecule has 2 aliphatic heterocycles. The highest BCUT2D eigenvalue weighted by molar-refractivity contribution is 14.1. The Morgan fingerprint density at radius 1 is 1.40 bits per heavy atom. The molecule has 0 aromatic carbocycles. The molecule has 10 heavy (non-hydrogen) atoms.